The molecule has 0 fully saturated rings. The molecule has 0 radical (unpaired) electrons. The number of aliphatic carboxylic acids is 1. The molecule has 0 spiro atoms. The number of hydrogen-bond donors (Lipinski definition) is 2. The number of fused-ring (bicyclic) bond motifs is 1. The Balaban J connectivity index is 1.86. The summed E-state index contributed by atoms with van der Waals surface area (Å²) < 4.78 is 16.1. The van der Waals surface area contributed by atoms with Crippen LogP contribution in [-0.2, 0) is 22.7 Å². The molecule has 0 aliphatic rings. The minimum Gasteiger partial charge on any atom is -0.481 e. The third-order valence-corrected chi connectivity index (χ3v) is 4.53. The number of carbonyl (C=O) groups excluding carboxylic acids is 1. The van der Waals surface area contributed by atoms with Crippen LogP contribution in [0.3, 0.4) is 0 Å². The van der Waals surface area contributed by atoms with Crippen LogP contribution < -0.4 is 11.0 Å². The molecule has 0 aliphatic heterocycles. The Morgan fingerprint density at radius 3 is 2.25 bits per heavy atom. The summed E-state index contributed by atoms with van der Waals surface area (Å²) in [7, 11) is 0. The van der Waals surface area contributed by atoms with Gasteiger partial charge in [0.1, 0.15) is 12.4 Å². The van der Waals surface area contributed by atoms with Gasteiger partial charge in [-0.25, -0.2) is 9.18 Å². The molecule has 1 aromatic heterocycles. The van der Waals surface area contributed by atoms with Crippen molar-refractivity contribution in [1.29, 1.82) is 0 Å². The molecule has 3 aromatic rings. The zero-order valence-corrected chi connectivity index (χ0v) is 15.3. The fourth-order valence-electron chi connectivity index (χ4n) is 3.24. The van der Waals surface area contributed by atoms with Crippen molar-refractivity contribution in [3.63, 3.8) is 0 Å². The van der Waals surface area contributed by atoms with Gasteiger partial charge in [0, 0.05) is 6.54 Å². The second-order valence-corrected chi connectivity index (χ2v) is 6.37. The van der Waals surface area contributed by atoms with E-state index in [1.165, 1.54) is 28.8 Å². The van der Waals surface area contributed by atoms with Crippen molar-refractivity contribution >= 4 is 22.9 Å². The van der Waals surface area contributed by atoms with Crippen LogP contribution in [0.1, 0.15) is 24.9 Å². The summed E-state index contributed by atoms with van der Waals surface area (Å²) in [4.78, 5) is 36.4. The molecule has 28 heavy (non-hydrogen) atoms. The van der Waals surface area contributed by atoms with Crippen LogP contribution in [-0.4, -0.2) is 26.1 Å². The molecule has 1 atom stereocenters. The van der Waals surface area contributed by atoms with E-state index in [1.807, 2.05) is 13.0 Å². The van der Waals surface area contributed by atoms with Gasteiger partial charge in [-0.15, -0.1) is 0 Å². The molecule has 0 aliphatic carbocycles. The summed E-state index contributed by atoms with van der Waals surface area (Å²) >= 11 is 0. The molecule has 2 N–H and O–H groups in total. The number of amides is 1. The van der Waals surface area contributed by atoms with Crippen molar-refractivity contribution in [1.82, 2.24) is 14.5 Å². The number of hydrogen-bond acceptors (Lipinski definition) is 3. The maximum Gasteiger partial charge on any atom is 0.329 e. The van der Waals surface area contributed by atoms with Crippen molar-refractivity contribution in [2.75, 3.05) is 0 Å². The number of aryl methyl sites for hydroxylation is 1. The highest BCUT2D eigenvalue weighted by molar-refractivity contribution is 5.81. The monoisotopic (exact) mass is 385 g/mol. The Kier molecular flexibility index (Phi) is 5.58. The van der Waals surface area contributed by atoms with Crippen molar-refractivity contribution in [3.05, 3.63) is 70.4 Å². The van der Waals surface area contributed by atoms with Gasteiger partial charge in [-0.2, -0.15) is 0 Å². The Morgan fingerprint density at radius 1 is 1.07 bits per heavy atom. The minimum absolute atomic E-state index is 0.246. The molecule has 1 unspecified atom stereocenters. The zero-order valence-electron chi connectivity index (χ0n) is 15.3. The average Bonchev–Trinajstić information content (AvgIpc) is 2.92. The number of carboxylic acids is 1. The highest BCUT2D eigenvalue weighted by atomic mass is 19.1. The lowest BCUT2D eigenvalue weighted by Crippen LogP contribution is -2.36. The summed E-state index contributed by atoms with van der Waals surface area (Å²) in [5.74, 6) is -2.06. The second kappa shape index (κ2) is 8.08. The van der Waals surface area contributed by atoms with Gasteiger partial charge >= 0.3 is 11.7 Å². The van der Waals surface area contributed by atoms with E-state index < -0.39 is 23.7 Å². The third-order valence-electron chi connectivity index (χ3n) is 4.53. The highest BCUT2D eigenvalue weighted by Crippen LogP contribution is 2.18. The number of benzene rings is 2. The van der Waals surface area contributed by atoms with E-state index in [1.54, 1.807) is 22.8 Å². The Bertz CT molecular complexity index is 1070. The number of rotatable bonds is 7. The first-order chi connectivity index (χ1) is 13.4. The van der Waals surface area contributed by atoms with E-state index in [0.717, 1.165) is 5.52 Å². The molecular weight excluding hydrogens is 365 g/mol. The number of aromatic nitrogens is 2. The summed E-state index contributed by atoms with van der Waals surface area (Å²) in [6.45, 7) is 2.06. The lowest BCUT2D eigenvalue weighted by Gasteiger charge is -2.17. The van der Waals surface area contributed by atoms with E-state index in [9.17, 15) is 18.8 Å². The van der Waals surface area contributed by atoms with Crippen LogP contribution in [0.15, 0.2) is 53.3 Å². The van der Waals surface area contributed by atoms with Crippen molar-refractivity contribution in [2.45, 2.75) is 32.5 Å². The van der Waals surface area contributed by atoms with Gasteiger partial charge in [-0.05, 0) is 36.8 Å². The molecule has 7 nitrogen and oxygen atoms in total. The number of nitrogens with one attached hydrogen (secondary N) is 1. The molecule has 2 aromatic carbocycles. The second-order valence-electron chi connectivity index (χ2n) is 6.37. The normalized spacial score (nSPS) is 12.1. The van der Waals surface area contributed by atoms with E-state index >= 15 is 0 Å². The van der Waals surface area contributed by atoms with Crippen molar-refractivity contribution in [3.8, 4) is 0 Å². The SMILES string of the molecule is CCn1c(=O)n(CC(=O)NC(CC(=O)O)c2ccc(F)cc2)c2ccccc21. The van der Waals surface area contributed by atoms with Gasteiger partial charge in [-0.3, -0.25) is 18.7 Å². The smallest absolute Gasteiger partial charge is 0.329 e. The first-order valence-electron chi connectivity index (χ1n) is 8.85. The van der Waals surface area contributed by atoms with E-state index in [0.29, 0.717) is 17.6 Å². The van der Waals surface area contributed by atoms with E-state index in [-0.39, 0.29) is 18.7 Å². The van der Waals surface area contributed by atoms with E-state index in [2.05, 4.69) is 5.32 Å². The fraction of sp³-hybridized carbons (Fsp3) is 0.250. The molecular formula is C20H20FN3O4. The molecule has 0 saturated carbocycles. The van der Waals surface area contributed by atoms with Crippen LogP contribution in [0.2, 0.25) is 0 Å². The van der Waals surface area contributed by atoms with Gasteiger partial charge in [0.15, 0.2) is 0 Å². The Labute approximate surface area is 160 Å². The molecule has 3 rings (SSSR count). The maximum atomic E-state index is 13.1. The summed E-state index contributed by atoms with van der Waals surface area (Å²) in [5, 5.41) is 11.8. The predicted molar refractivity (Wildman–Crippen MR) is 101 cm³/mol. The van der Waals surface area contributed by atoms with Crippen LogP contribution in [0, 0.1) is 5.82 Å². The van der Waals surface area contributed by atoms with Gasteiger partial charge in [-0.1, -0.05) is 24.3 Å². The highest BCUT2D eigenvalue weighted by Gasteiger charge is 2.20. The van der Waals surface area contributed by atoms with Crippen molar-refractivity contribution < 1.29 is 19.1 Å². The third kappa shape index (κ3) is 3.95. The van der Waals surface area contributed by atoms with Gasteiger partial charge in [0.05, 0.1) is 23.5 Å². The standard InChI is InChI=1S/C20H20FN3O4/c1-2-23-16-5-3-4-6-17(16)24(20(23)28)12-18(25)22-15(11-19(26)27)13-7-9-14(21)10-8-13/h3-10,15H,2,11-12H2,1H3,(H,22,25)(H,26,27). The van der Waals surface area contributed by atoms with Crippen LogP contribution >= 0.6 is 0 Å². The first-order valence-corrected chi connectivity index (χ1v) is 8.85. The molecule has 1 heterocycles. The lowest BCUT2D eigenvalue weighted by molar-refractivity contribution is -0.137. The zero-order chi connectivity index (χ0) is 20.3. The predicted octanol–water partition coefficient (Wildman–Crippen LogP) is 2.29. The van der Waals surface area contributed by atoms with E-state index in [4.69, 9.17) is 5.11 Å². The van der Waals surface area contributed by atoms with Crippen molar-refractivity contribution in [2.24, 2.45) is 0 Å². The van der Waals surface area contributed by atoms with Crippen LogP contribution in [0.5, 0.6) is 0 Å². The van der Waals surface area contributed by atoms with Crippen LogP contribution in [0.4, 0.5) is 4.39 Å². The molecule has 8 heteroatoms. The van der Waals surface area contributed by atoms with Gasteiger partial charge < -0.3 is 10.4 Å². The number of carboxylic acid groups (broad SMARTS) is 1. The Hall–Kier alpha value is -3.42. The molecule has 1 amide bonds. The first kappa shape index (κ1) is 19.3. The topological polar surface area (TPSA) is 93.3 Å². The average molecular weight is 385 g/mol. The summed E-state index contributed by atoms with van der Waals surface area (Å²) in [6, 6.07) is 11.6. The number of para-hydroxylation sites is 2. The lowest BCUT2D eigenvalue weighted by atomic mass is 10.0. The van der Waals surface area contributed by atoms with Gasteiger partial charge in [0.25, 0.3) is 0 Å². The fourth-order valence-corrected chi connectivity index (χ4v) is 3.24. The quantitative estimate of drug-likeness (QED) is 0.653. The number of nitrogens with zero attached hydrogens (tertiary/aromatic N) is 2. The molecule has 146 valence electrons. The largest absolute Gasteiger partial charge is 0.481 e. The van der Waals surface area contributed by atoms with Gasteiger partial charge in [0.2, 0.25) is 5.91 Å². The Morgan fingerprint density at radius 2 is 1.68 bits per heavy atom. The summed E-state index contributed by atoms with van der Waals surface area (Å²) in [5.41, 5.74) is 1.51. The van der Waals surface area contributed by atoms with Crippen LogP contribution in [0.25, 0.3) is 11.0 Å². The number of carbonyl (C=O) groups is 2. The molecule has 0 bridgehead atoms. The minimum atomic E-state index is -1.10. The number of imidazole rings is 1. The molecule has 0 saturated heterocycles. The summed E-state index contributed by atoms with van der Waals surface area (Å²) in [6.07, 6.45) is -0.358. The number of halogens is 1. The maximum absolute atomic E-state index is 13.1.